The summed E-state index contributed by atoms with van der Waals surface area (Å²) < 4.78 is 0. The van der Waals surface area contributed by atoms with Gasteiger partial charge in [0.1, 0.15) is 0 Å². The molecule has 2 amide bonds. The van der Waals surface area contributed by atoms with E-state index in [1.165, 1.54) is 4.90 Å². The highest BCUT2D eigenvalue weighted by Crippen LogP contribution is 2.26. The van der Waals surface area contributed by atoms with Gasteiger partial charge in [-0.3, -0.25) is 9.69 Å². The normalized spacial score (nSPS) is 21.5. The van der Waals surface area contributed by atoms with Crippen LogP contribution in [0.5, 0.6) is 0 Å². The topological polar surface area (TPSA) is 69.6 Å². The van der Waals surface area contributed by atoms with Gasteiger partial charge in [0.15, 0.2) is 0 Å². The Kier molecular flexibility index (Phi) is 4.27. The van der Waals surface area contributed by atoms with Crippen LogP contribution in [0, 0.1) is 12.8 Å². The summed E-state index contributed by atoms with van der Waals surface area (Å²) in [5, 5.41) is 12.0. The fraction of sp³-hybridized carbons (Fsp3) is 0.467. The van der Waals surface area contributed by atoms with E-state index >= 15 is 0 Å². The predicted octanol–water partition coefficient (Wildman–Crippen LogP) is 2.39. The van der Waals surface area contributed by atoms with E-state index in [2.05, 4.69) is 5.32 Å². The van der Waals surface area contributed by atoms with Gasteiger partial charge in [-0.15, -0.1) is 0 Å². The maximum absolute atomic E-state index is 12.2. The molecular weight excluding hydrogens is 256 g/mol. The van der Waals surface area contributed by atoms with Gasteiger partial charge in [0.25, 0.3) is 0 Å². The van der Waals surface area contributed by atoms with Gasteiger partial charge in [0, 0.05) is 18.8 Å². The molecule has 108 valence electrons. The standard InChI is InChI=1S/C15H20N2O3/c1-10-6-3-4-9-13(10)17(2)15(20)16-12-8-5-7-11(12)14(18)19/h3-4,6,9,11-12H,5,7-8H2,1-2H3,(H,16,20)(H,18,19). The Hall–Kier alpha value is -2.04. The highest BCUT2D eigenvalue weighted by atomic mass is 16.4. The Morgan fingerprint density at radius 3 is 2.65 bits per heavy atom. The number of aliphatic carboxylic acids is 1. The van der Waals surface area contributed by atoms with Crippen molar-refractivity contribution in [2.24, 2.45) is 5.92 Å². The molecule has 2 N–H and O–H groups in total. The van der Waals surface area contributed by atoms with E-state index < -0.39 is 11.9 Å². The molecule has 1 fully saturated rings. The van der Waals surface area contributed by atoms with Crippen molar-refractivity contribution in [3.05, 3.63) is 29.8 Å². The van der Waals surface area contributed by atoms with Crippen molar-refractivity contribution in [2.45, 2.75) is 32.2 Å². The maximum Gasteiger partial charge on any atom is 0.321 e. The summed E-state index contributed by atoms with van der Waals surface area (Å²) in [5.41, 5.74) is 1.83. The van der Waals surface area contributed by atoms with Crippen molar-refractivity contribution < 1.29 is 14.7 Å². The van der Waals surface area contributed by atoms with Crippen LogP contribution in [0.1, 0.15) is 24.8 Å². The van der Waals surface area contributed by atoms with Crippen LogP contribution in [0.25, 0.3) is 0 Å². The first-order chi connectivity index (χ1) is 9.50. The molecule has 2 atom stereocenters. The molecular formula is C15H20N2O3. The van der Waals surface area contributed by atoms with Crippen molar-refractivity contribution in [1.82, 2.24) is 5.32 Å². The molecule has 2 unspecified atom stereocenters. The fourth-order valence-corrected chi connectivity index (χ4v) is 2.73. The van der Waals surface area contributed by atoms with Gasteiger partial charge in [-0.1, -0.05) is 24.6 Å². The minimum absolute atomic E-state index is 0.252. The number of amides is 2. The highest BCUT2D eigenvalue weighted by Gasteiger charge is 2.34. The minimum Gasteiger partial charge on any atom is -0.481 e. The Labute approximate surface area is 118 Å². The number of aryl methyl sites for hydroxylation is 1. The molecule has 0 spiro atoms. The Balaban J connectivity index is 2.05. The predicted molar refractivity (Wildman–Crippen MR) is 76.9 cm³/mol. The number of anilines is 1. The molecule has 1 aromatic carbocycles. The van der Waals surface area contributed by atoms with Crippen molar-refractivity contribution >= 4 is 17.7 Å². The van der Waals surface area contributed by atoms with Gasteiger partial charge in [-0.25, -0.2) is 4.79 Å². The first-order valence-corrected chi connectivity index (χ1v) is 6.83. The Bertz CT molecular complexity index is 516. The summed E-state index contributed by atoms with van der Waals surface area (Å²) in [4.78, 5) is 24.9. The third-order valence-corrected chi connectivity index (χ3v) is 3.92. The molecule has 0 bridgehead atoms. The number of carboxylic acids is 1. The van der Waals surface area contributed by atoms with Crippen LogP contribution in [0.15, 0.2) is 24.3 Å². The Morgan fingerprint density at radius 1 is 1.30 bits per heavy atom. The number of carbonyl (C=O) groups excluding carboxylic acids is 1. The van der Waals surface area contributed by atoms with E-state index in [4.69, 9.17) is 5.11 Å². The van der Waals surface area contributed by atoms with Crippen LogP contribution >= 0.6 is 0 Å². The lowest BCUT2D eigenvalue weighted by Gasteiger charge is -2.24. The molecule has 1 aliphatic carbocycles. The summed E-state index contributed by atoms with van der Waals surface area (Å²) in [6.07, 6.45) is 2.20. The van der Waals surface area contributed by atoms with Crippen LogP contribution in [-0.2, 0) is 4.79 Å². The van der Waals surface area contributed by atoms with E-state index in [-0.39, 0.29) is 12.1 Å². The molecule has 1 saturated carbocycles. The zero-order chi connectivity index (χ0) is 14.7. The van der Waals surface area contributed by atoms with Crippen molar-refractivity contribution in [2.75, 3.05) is 11.9 Å². The number of para-hydroxylation sites is 1. The van der Waals surface area contributed by atoms with Gasteiger partial charge in [-0.2, -0.15) is 0 Å². The number of benzene rings is 1. The molecule has 0 radical (unpaired) electrons. The smallest absolute Gasteiger partial charge is 0.321 e. The van der Waals surface area contributed by atoms with Crippen molar-refractivity contribution in [1.29, 1.82) is 0 Å². The molecule has 2 rings (SSSR count). The van der Waals surface area contributed by atoms with Crippen LogP contribution < -0.4 is 10.2 Å². The van der Waals surface area contributed by atoms with Crippen LogP contribution in [0.3, 0.4) is 0 Å². The van der Waals surface area contributed by atoms with Crippen molar-refractivity contribution in [3.8, 4) is 0 Å². The molecule has 0 aliphatic heterocycles. The van der Waals surface area contributed by atoms with E-state index in [0.29, 0.717) is 6.42 Å². The van der Waals surface area contributed by atoms with E-state index in [1.807, 2.05) is 31.2 Å². The molecule has 0 saturated heterocycles. The highest BCUT2D eigenvalue weighted by molar-refractivity contribution is 5.92. The molecule has 0 aromatic heterocycles. The van der Waals surface area contributed by atoms with E-state index in [1.54, 1.807) is 7.05 Å². The maximum atomic E-state index is 12.2. The number of urea groups is 1. The second kappa shape index (κ2) is 5.94. The van der Waals surface area contributed by atoms with Gasteiger partial charge < -0.3 is 10.4 Å². The fourth-order valence-electron chi connectivity index (χ4n) is 2.73. The third-order valence-electron chi connectivity index (χ3n) is 3.92. The number of rotatable bonds is 3. The van der Waals surface area contributed by atoms with Gasteiger partial charge >= 0.3 is 12.0 Å². The summed E-state index contributed by atoms with van der Waals surface area (Å²) in [6.45, 7) is 1.94. The number of nitrogens with one attached hydrogen (secondary N) is 1. The summed E-state index contributed by atoms with van der Waals surface area (Å²) in [5.74, 6) is -1.30. The molecule has 0 heterocycles. The first-order valence-electron chi connectivity index (χ1n) is 6.83. The number of hydrogen-bond acceptors (Lipinski definition) is 2. The van der Waals surface area contributed by atoms with Crippen LogP contribution in [0.2, 0.25) is 0 Å². The first kappa shape index (κ1) is 14.4. The number of hydrogen-bond donors (Lipinski definition) is 2. The minimum atomic E-state index is -0.827. The lowest BCUT2D eigenvalue weighted by atomic mass is 10.0. The molecule has 1 aliphatic rings. The number of nitrogens with zero attached hydrogens (tertiary/aromatic N) is 1. The average molecular weight is 276 g/mol. The molecule has 20 heavy (non-hydrogen) atoms. The monoisotopic (exact) mass is 276 g/mol. The van der Waals surface area contributed by atoms with E-state index in [0.717, 1.165) is 24.1 Å². The third kappa shape index (κ3) is 2.92. The lowest BCUT2D eigenvalue weighted by Crippen LogP contribution is -2.46. The average Bonchev–Trinajstić information content (AvgIpc) is 2.86. The number of carboxylic acid groups (broad SMARTS) is 1. The summed E-state index contributed by atoms with van der Waals surface area (Å²) in [7, 11) is 1.70. The summed E-state index contributed by atoms with van der Waals surface area (Å²) >= 11 is 0. The Morgan fingerprint density at radius 2 is 2.00 bits per heavy atom. The zero-order valence-corrected chi connectivity index (χ0v) is 11.8. The summed E-state index contributed by atoms with van der Waals surface area (Å²) in [6, 6.07) is 7.08. The van der Waals surface area contributed by atoms with Gasteiger partial charge in [0.2, 0.25) is 0 Å². The molecule has 5 nitrogen and oxygen atoms in total. The van der Waals surface area contributed by atoms with Crippen LogP contribution in [0.4, 0.5) is 10.5 Å². The molecule has 1 aromatic rings. The van der Waals surface area contributed by atoms with Crippen LogP contribution in [-0.4, -0.2) is 30.2 Å². The lowest BCUT2D eigenvalue weighted by molar-refractivity contribution is -0.142. The van der Waals surface area contributed by atoms with Crippen molar-refractivity contribution in [3.63, 3.8) is 0 Å². The number of carbonyl (C=O) groups is 2. The second-order valence-corrected chi connectivity index (χ2v) is 5.28. The molecule has 5 heteroatoms. The SMILES string of the molecule is Cc1ccccc1N(C)C(=O)NC1CCCC1C(=O)O. The largest absolute Gasteiger partial charge is 0.481 e. The van der Waals surface area contributed by atoms with Gasteiger partial charge in [0.05, 0.1) is 5.92 Å². The second-order valence-electron chi connectivity index (χ2n) is 5.28. The quantitative estimate of drug-likeness (QED) is 0.890. The zero-order valence-electron chi connectivity index (χ0n) is 11.8. The van der Waals surface area contributed by atoms with E-state index in [9.17, 15) is 9.59 Å². The van der Waals surface area contributed by atoms with Gasteiger partial charge in [-0.05, 0) is 31.4 Å².